The number of esters is 2. The second-order valence-corrected chi connectivity index (χ2v) is 16.9. The summed E-state index contributed by atoms with van der Waals surface area (Å²) in [7, 11) is 1.36. The lowest BCUT2D eigenvalue weighted by Gasteiger charge is -2.31. The molecule has 1 aromatic rings. The summed E-state index contributed by atoms with van der Waals surface area (Å²) in [6, 6.07) is -0.453. The highest BCUT2D eigenvalue weighted by atomic mass is 16.6. The number of ether oxygens (including phenoxy) is 9. The van der Waals surface area contributed by atoms with Gasteiger partial charge in [0.25, 0.3) is 5.91 Å². The number of hydrogen-bond donors (Lipinski definition) is 3. The van der Waals surface area contributed by atoms with Crippen LogP contribution >= 0.6 is 0 Å². The predicted molar refractivity (Wildman–Crippen MR) is 221 cm³/mol. The maximum atomic E-state index is 12.9. The summed E-state index contributed by atoms with van der Waals surface area (Å²) in [5, 5.41) is 12.8. The first kappa shape index (κ1) is 52.0. The molecule has 0 saturated carbocycles. The Hall–Kier alpha value is -3.12. The molecule has 0 aromatic carbocycles. The summed E-state index contributed by atoms with van der Waals surface area (Å²) in [6.07, 6.45) is 2.29. The molecule has 2 fully saturated rings. The standard InChI is InChI=1S/C25H40N2O8.C18H35NO5/c1-15(2)8-11-33-20-14-32-13-18(25(30)35-17(5)23(20)34-12-9-16(3)4)27-24(29)21-22(28)19(31-6)7-10-26-21;1-12(2)6-8-22-16-11-21-10-15(19)18(20)24-14(5)17(16)23-9-7-13(3)4/h7,10,15-18,20,23,28H,8-9,11-14H2,1-6H3,(H,27,29);12-17H,6-11,19H2,1-5H3/t17-,18-,20-,23-;14-,15-,16-,17-/m00/s1. The van der Waals surface area contributed by atoms with Crippen LogP contribution in [0.4, 0.5) is 0 Å². The van der Waals surface area contributed by atoms with E-state index in [2.05, 4.69) is 65.7 Å². The summed E-state index contributed by atoms with van der Waals surface area (Å²) < 4.78 is 51.8. The molecule has 2 aliphatic heterocycles. The number of nitrogens with one attached hydrogen (secondary N) is 1. The Morgan fingerprint density at radius 3 is 1.64 bits per heavy atom. The van der Waals surface area contributed by atoms with Crippen molar-refractivity contribution in [1.29, 1.82) is 0 Å². The first-order valence-corrected chi connectivity index (χ1v) is 21.3. The van der Waals surface area contributed by atoms with Crippen molar-refractivity contribution in [2.24, 2.45) is 29.4 Å². The number of aromatic hydroxyl groups is 1. The molecule has 4 N–H and O–H groups in total. The lowest BCUT2D eigenvalue weighted by atomic mass is 10.1. The van der Waals surface area contributed by atoms with E-state index in [4.69, 9.17) is 48.4 Å². The van der Waals surface area contributed by atoms with Crippen molar-refractivity contribution >= 4 is 17.8 Å². The maximum absolute atomic E-state index is 12.9. The highest BCUT2D eigenvalue weighted by molar-refractivity contribution is 5.98. The van der Waals surface area contributed by atoms with Gasteiger partial charge < -0.3 is 58.8 Å². The fourth-order valence-corrected chi connectivity index (χ4v) is 5.87. The van der Waals surface area contributed by atoms with Gasteiger partial charge in [-0.15, -0.1) is 0 Å². The smallest absolute Gasteiger partial charge is 0.331 e. The first-order valence-electron chi connectivity index (χ1n) is 21.3. The Morgan fingerprint density at radius 2 is 1.19 bits per heavy atom. The molecule has 3 heterocycles. The lowest BCUT2D eigenvalue weighted by molar-refractivity contribution is -0.168. The fraction of sp³-hybridized carbons (Fsp3) is 0.814. The van der Waals surface area contributed by atoms with E-state index >= 15 is 0 Å². The van der Waals surface area contributed by atoms with Crippen LogP contribution < -0.4 is 15.8 Å². The monoisotopic (exact) mass is 842 g/mol. The van der Waals surface area contributed by atoms with Gasteiger partial charge in [-0.3, -0.25) is 9.59 Å². The second-order valence-electron chi connectivity index (χ2n) is 16.9. The largest absolute Gasteiger partial charge is 0.503 e. The van der Waals surface area contributed by atoms with Gasteiger partial charge in [0.1, 0.15) is 42.7 Å². The van der Waals surface area contributed by atoms with Crippen LogP contribution in [-0.2, 0) is 47.5 Å². The molecule has 16 nitrogen and oxygen atoms in total. The van der Waals surface area contributed by atoms with Crippen molar-refractivity contribution in [3.63, 3.8) is 0 Å². The van der Waals surface area contributed by atoms with Gasteiger partial charge in [0.2, 0.25) is 0 Å². The summed E-state index contributed by atoms with van der Waals surface area (Å²) >= 11 is 0. The van der Waals surface area contributed by atoms with Gasteiger partial charge in [0, 0.05) is 38.7 Å². The van der Waals surface area contributed by atoms with Crippen LogP contribution in [0.1, 0.15) is 105 Å². The molecule has 0 unspecified atom stereocenters. The first-order chi connectivity index (χ1) is 27.9. The molecule has 2 aliphatic rings. The molecular weight excluding hydrogens is 766 g/mol. The Kier molecular flexibility index (Phi) is 24.4. The number of hydrogen-bond acceptors (Lipinski definition) is 15. The Bertz CT molecular complexity index is 1360. The van der Waals surface area contributed by atoms with Gasteiger partial charge >= 0.3 is 11.9 Å². The average Bonchev–Trinajstić information content (AvgIpc) is 3.23. The number of rotatable bonds is 19. The van der Waals surface area contributed by atoms with Crippen molar-refractivity contribution in [3.05, 3.63) is 18.0 Å². The van der Waals surface area contributed by atoms with E-state index in [-0.39, 0.29) is 43.5 Å². The van der Waals surface area contributed by atoms with Crippen LogP contribution in [0.15, 0.2) is 12.3 Å². The number of carbonyl (C=O) groups excluding carboxylic acids is 3. The zero-order valence-corrected chi connectivity index (χ0v) is 37.4. The van der Waals surface area contributed by atoms with Crippen molar-refractivity contribution in [2.75, 3.05) is 60.0 Å². The van der Waals surface area contributed by atoms with E-state index in [1.807, 2.05) is 6.92 Å². The molecule has 0 bridgehead atoms. The zero-order valence-electron chi connectivity index (χ0n) is 37.4. The number of amides is 1. The second kappa shape index (κ2) is 27.7. The van der Waals surface area contributed by atoms with Crippen LogP contribution in [0.2, 0.25) is 0 Å². The van der Waals surface area contributed by atoms with E-state index in [0.717, 1.165) is 25.7 Å². The molecule has 16 heteroatoms. The summed E-state index contributed by atoms with van der Waals surface area (Å²) in [5.41, 5.74) is 5.50. The van der Waals surface area contributed by atoms with E-state index in [1.54, 1.807) is 6.92 Å². The molecule has 0 aliphatic carbocycles. The van der Waals surface area contributed by atoms with Crippen molar-refractivity contribution in [1.82, 2.24) is 10.3 Å². The minimum absolute atomic E-state index is 0.0924. The number of carbonyl (C=O) groups is 3. The zero-order chi connectivity index (χ0) is 44.1. The van der Waals surface area contributed by atoms with Gasteiger partial charge in [-0.25, -0.2) is 9.78 Å². The van der Waals surface area contributed by atoms with Crippen molar-refractivity contribution in [3.8, 4) is 11.5 Å². The number of methoxy groups -OCH3 is 1. The molecule has 1 amide bonds. The minimum Gasteiger partial charge on any atom is -0.503 e. The number of pyridine rings is 1. The Morgan fingerprint density at radius 1 is 0.746 bits per heavy atom. The van der Waals surface area contributed by atoms with Gasteiger partial charge in [0.15, 0.2) is 23.2 Å². The maximum Gasteiger partial charge on any atom is 0.331 e. The average molecular weight is 842 g/mol. The van der Waals surface area contributed by atoms with Crippen LogP contribution in [0.25, 0.3) is 0 Å². The Labute approximate surface area is 352 Å². The third kappa shape index (κ3) is 19.4. The van der Waals surface area contributed by atoms with Gasteiger partial charge in [0.05, 0.1) is 33.5 Å². The molecule has 0 spiro atoms. The quantitative estimate of drug-likeness (QED) is 0.159. The molecule has 3 rings (SSSR count). The summed E-state index contributed by atoms with van der Waals surface area (Å²) in [6.45, 7) is 23.4. The molecular formula is C43H75N3O13. The SMILES string of the molecule is CC(C)CCO[C@H]1[C@H](C)OC(=O)[C@@H](N)COC[C@@H]1OCCC(C)C.COc1ccnc(C(=O)N[C@H]2COC[C@H](OCCC(C)C)[C@@H](OCCC(C)C)[C@H](C)OC2=O)c1O. The van der Waals surface area contributed by atoms with Crippen LogP contribution in [-0.4, -0.2) is 137 Å². The molecule has 0 radical (unpaired) electrons. The van der Waals surface area contributed by atoms with Crippen LogP contribution in [0.3, 0.4) is 0 Å². The summed E-state index contributed by atoms with van der Waals surface area (Å²) in [4.78, 5) is 41.5. The molecule has 59 heavy (non-hydrogen) atoms. The van der Waals surface area contributed by atoms with E-state index in [9.17, 15) is 19.5 Å². The van der Waals surface area contributed by atoms with Gasteiger partial charge in [-0.1, -0.05) is 55.4 Å². The van der Waals surface area contributed by atoms with E-state index < -0.39 is 60.1 Å². The van der Waals surface area contributed by atoms with E-state index in [1.165, 1.54) is 19.4 Å². The number of nitrogens with two attached hydrogens (primary N) is 1. The third-order valence-electron chi connectivity index (χ3n) is 9.69. The number of cyclic esters (lactones) is 2. The summed E-state index contributed by atoms with van der Waals surface area (Å²) in [5.74, 6) is -0.170. The van der Waals surface area contributed by atoms with Crippen molar-refractivity contribution < 1.29 is 62.1 Å². The lowest BCUT2D eigenvalue weighted by Crippen LogP contribution is -2.47. The van der Waals surface area contributed by atoms with Gasteiger partial charge in [-0.05, 0) is 63.2 Å². The molecule has 340 valence electrons. The van der Waals surface area contributed by atoms with Gasteiger partial charge in [-0.2, -0.15) is 0 Å². The van der Waals surface area contributed by atoms with Crippen LogP contribution in [0.5, 0.6) is 11.5 Å². The molecule has 1 aromatic heterocycles. The highest BCUT2D eigenvalue weighted by Crippen LogP contribution is 2.28. The third-order valence-corrected chi connectivity index (χ3v) is 9.69. The van der Waals surface area contributed by atoms with E-state index in [0.29, 0.717) is 56.7 Å². The minimum atomic E-state index is -1.11. The molecule has 8 atom stereocenters. The van der Waals surface area contributed by atoms with Crippen molar-refractivity contribution in [2.45, 2.75) is 144 Å². The topological polar surface area (TPSA) is 205 Å². The predicted octanol–water partition coefficient (Wildman–Crippen LogP) is 4.86. The number of nitrogens with zero attached hydrogens (tertiary/aromatic N) is 1. The highest BCUT2D eigenvalue weighted by Gasteiger charge is 2.37. The fourth-order valence-electron chi connectivity index (χ4n) is 5.87. The number of aromatic nitrogens is 1. The Balaban J connectivity index is 0.000000437. The molecule has 2 saturated heterocycles. The van der Waals surface area contributed by atoms with Crippen LogP contribution in [0, 0.1) is 23.7 Å². The normalized spacial score (nSPS) is 25.8.